The third-order valence-electron chi connectivity index (χ3n) is 2.84. The second-order valence-corrected chi connectivity index (χ2v) is 4.85. The van der Waals surface area contributed by atoms with Crippen LogP contribution >= 0.6 is 15.9 Å². The van der Waals surface area contributed by atoms with Crippen molar-refractivity contribution in [2.45, 2.75) is 33.1 Å². The molecule has 0 N–H and O–H groups in total. The van der Waals surface area contributed by atoms with Crippen molar-refractivity contribution >= 4 is 15.9 Å². The lowest BCUT2D eigenvalue weighted by molar-refractivity contribution is 0.413. The van der Waals surface area contributed by atoms with Gasteiger partial charge in [-0.3, -0.25) is 0 Å². The highest BCUT2D eigenvalue weighted by Gasteiger charge is 2.12. The van der Waals surface area contributed by atoms with E-state index in [0.717, 1.165) is 11.1 Å². The summed E-state index contributed by atoms with van der Waals surface area (Å²) in [5.74, 6) is 1.56. The van der Waals surface area contributed by atoms with Gasteiger partial charge in [-0.1, -0.05) is 22.9 Å². The lowest BCUT2D eigenvalue weighted by Gasteiger charge is -2.17. The van der Waals surface area contributed by atoms with E-state index in [-0.39, 0.29) is 0 Å². The van der Waals surface area contributed by atoms with Gasteiger partial charge >= 0.3 is 0 Å². The van der Waals surface area contributed by atoms with Crippen LogP contribution in [0, 0.1) is 13.8 Å². The van der Waals surface area contributed by atoms with Crippen molar-refractivity contribution in [1.29, 1.82) is 0 Å². The number of hydrogen-bond acceptors (Lipinski definition) is 1. The molecule has 1 atom stereocenters. The Morgan fingerprint density at radius 3 is 2.20 bits per heavy atom. The van der Waals surface area contributed by atoms with Crippen molar-refractivity contribution in [3.8, 4) is 5.75 Å². The lowest BCUT2D eigenvalue weighted by atomic mass is 9.90. The normalized spacial score (nSPS) is 12.6. The molecule has 1 aromatic carbocycles. The standard InChI is InChI=1S/C13H19BrO/c1-9(5-6-14)13-10(2)7-12(15-4)8-11(13)3/h7-9H,5-6H2,1-4H3. The first kappa shape index (κ1) is 12.6. The van der Waals surface area contributed by atoms with E-state index in [0.29, 0.717) is 5.92 Å². The Morgan fingerprint density at radius 2 is 1.80 bits per heavy atom. The highest BCUT2D eigenvalue weighted by Crippen LogP contribution is 2.30. The maximum Gasteiger partial charge on any atom is 0.119 e. The van der Waals surface area contributed by atoms with E-state index in [1.165, 1.54) is 23.1 Å². The number of methoxy groups -OCH3 is 1. The number of ether oxygens (including phenoxy) is 1. The van der Waals surface area contributed by atoms with Crippen molar-refractivity contribution in [3.63, 3.8) is 0 Å². The topological polar surface area (TPSA) is 9.23 Å². The minimum atomic E-state index is 0.607. The third-order valence-corrected chi connectivity index (χ3v) is 3.30. The smallest absolute Gasteiger partial charge is 0.119 e. The van der Waals surface area contributed by atoms with Gasteiger partial charge in [0.2, 0.25) is 0 Å². The molecule has 0 spiro atoms. The molecule has 1 aromatic rings. The molecule has 1 unspecified atom stereocenters. The molecule has 15 heavy (non-hydrogen) atoms. The third kappa shape index (κ3) is 2.97. The average molecular weight is 271 g/mol. The van der Waals surface area contributed by atoms with E-state index in [1.807, 2.05) is 0 Å². The Bertz CT molecular complexity index is 310. The van der Waals surface area contributed by atoms with Crippen LogP contribution in [-0.2, 0) is 0 Å². The summed E-state index contributed by atoms with van der Waals surface area (Å²) in [7, 11) is 1.72. The van der Waals surface area contributed by atoms with Crippen LogP contribution in [0.2, 0.25) is 0 Å². The first-order chi connectivity index (χ1) is 7.10. The van der Waals surface area contributed by atoms with Crippen molar-refractivity contribution in [2.75, 3.05) is 12.4 Å². The molecule has 0 aliphatic carbocycles. The molecule has 2 heteroatoms. The van der Waals surface area contributed by atoms with Crippen LogP contribution in [0.4, 0.5) is 0 Å². The first-order valence-corrected chi connectivity index (χ1v) is 6.43. The van der Waals surface area contributed by atoms with Crippen LogP contribution in [0.1, 0.15) is 36.0 Å². The first-order valence-electron chi connectivity index (χ1n) is 5.31. The number of hydrogen-bond donors (Lipinski definition) is 0. The predicted octanol–water partition coefficient (Wildman–Crippen LogP) is 4.20. The van der Waals surface area contributed by atoms with Gasteiger partial charge in [0.15, 0.2) is 0 Å². The monoisotopic (exact) mass is 270 g/mol. The summed E-state index contributed by atoms with van der Waals surface area (Å²) in [6.07, 6.45) is 1.17. The molecule has 0 heterocycles. The van der Waals surface area contributed by atoms with Gasteiger partial charge in [-0.05, 0) is 55.0 Å². The number of aryl methyl sites for hydroxylation is 2. The molecular formula is C13H19BrO. The molecule has 0 aliphatic heterocycles. The quantitative estimate of drug-likeness (QED) is 0.746. The van der Waals surface area contributed by atoms with Crippen LogP contribution < -0.4 is 4.74 Å². The summed E-state index contributed by atoms with van der Waals surface area (Å²) < 4.78 is 5.26. The lowest BCUT2D eigenvalue weighted by Crippen LogP contribution is -2.01. The Kier molecular flexibility index (Phi) is 4.65. The Hall–Kier alpha value is -0.500. The largest absolute Gasteiger partial charge is 0.497 e. The van der Waals surface area contributed by atoms with Crippen molar-refractivity contribution in [3.05, 3.63) is 28.8 Å². The van der Waals surface area contributed by atoms with Gasteiger partial charge < -0.3 is 4.74 Å². The molecule has 0 saturated carbocycles. The molecular weight excluding hydrogens is 252 g/mol. The maximum atomic E-state index is 5.26. The fourth-order valence-corrected chi connectivity index (χ4v) is 2.82. The summed E-state index contributed by atoms with van der Waals surface area (Å²) >= 11 is 3.50. The second-order valence-electron chi connectivity index (χ2n) is 4.05. The van der Waals surface area contributed by atoms with Gasteiger partial charge in [-0.15, -0.1) is 0 Å². The number of rotatable bonds is 4. The molecule has 84 valence electrons. The Labute approximate surface area is 101 Å². The van der Waals surface area contributed by atoms with E-state index >= 15 is 0 Å². The van der Waals surface area contributed by atoms with E-state index in [1.54, 1.807) is 7.11 Å². The molecule has 0 aliphatic rings. The van der Waals surface area contributed by atoms with E-state index in [9.17, 15) is 0 Å². The van der Waals surface area contributed by atoms with Crippen LogP contribution in [-0.4, -0.2) is 12.4 Å². The minimum Gasteiger partial charge on any atom is -0.497 e. The molecule has 0 radical (unpaired) electrons. The van der Waals surface area contributed by atoms with Gasteiger partial charge in [-0.25, -0.2) is 0 Å². The molecule has 0 aromatic heterocycles. The summed E-state index contributed by atoms with van der Waals surface area (Å²) in [6.45, 7) is 6.61. The van der Waals surface area contributed by atoms with E-state index < -0.39 is 0 Å². The summed E-state index contributed by atoms with van der Waals surface area (Å²) in [4.78, 5) is 0. The number of benzene rings is 1. The highest BCUT2D eigenvalue weighted by atomic mass is 79.9. The van der Waals surface area contributed by atoms with E-state index in [4.69, 9.17) is 4.74 Å². The van der Waals surface area contributed by atoms with E-state index in [2.05, 4.69) is 48.8 Å². The number of halogens is 1. The van der Waals surface area contributed by atoms with Gasteiger partial charge in [0, 0.05) is 5.33 Å². The van der Waals surface area contributed by atoms with Crippen LogP contribution in [0.25, 0.3) is 0 Å². The van der Waals surface area contributed by atoms with Crippen LogP contribution in [0.5, 0.6) is 5.75 Å². The number of alkyl halides is 1. The maximum absolute atomic E-state index is 5.26. The summed E-state index contributed by atoms with van der Waals surface area (Å²) in [5, 5.41) is 1.05. The molecule has 0 saturated heterocycles. The van der Waals surface area contributed by atoms with Gasteiger partial charge in [0.05, 0.1) is 7.11 Å². The Morgan fingerprint density at radius 1 is 1.27 bits per heavy atom. The van der Waals surface area contributed by atoms with Crippen molar-refractivity contribution in [1.82, 2.24) is 0 Å². The predicted molar refractivity (Wildman–Crippen MR) is 69.3 cm³/mol. The van der Waals surface area contributed by atoms with Crippen LogP contribution in [0.3, 0.4) is 0 Å². The Balaban J connectivity index is 3.07. The molecule has 1 nitrogen and oxygen atoms in total. The highest BCUT2D eigenvalue weighted by molar-refractivity contribution is 9.09. The fourth-order valence-electron chi connectivity index (χ4n) is 2.14. The van der Waals surface area contributed by atoms with Crippen LogP contribution in [0.15, 0.2) is 12.1 Å². The summed E-state index contributed by atoms with van der Waals surface area (Å²) in [6, 6.07) is 4.24. The van der Waals surface area contributed by atoms with Crippen molar-refractivity contribution in [2.24, 2.45) is 0 Å². The SMILES string of the molecule is COc1cc(C)c(C(C)CCBr)c(C)c1. The molecule has 0 fully saturated rings. The average Bonchev–Trinajstić information content (AvgIpc) is 2.16. The molecule has 0 bridgehead atoms. The zero-order valence-corrected chi connectivity index (χ0v) is 11.5. The second kappa shape index (κ2) is 5.55. The van der Waals surface area contributed by atoms with Gasteiger partial charge in [-0.2, -0.15) is 0 Å². The zero-order valence-electron chi connectivity index (χ0n) is 9.93. The van der Waals surface area contributed by atoms with Crippen molar-refractivity contribution < 1.29 is 4.74 Å². The minimum absolute atomic E-state index is 0.607. The van der Waals surface area contributed by atoms with Gasteiger partial charge in [0.1, 0.15) is 5.75 Å². The molecule has 0 amide bonds. The fraction of sp³-hybridized carbons (Fsp3) is 0.538. The zero-order chi connectivity index (χ0) is 11.4. The van der Waals surface area contributed by atoms with Gasteiger partial charge in [0.25, 0.3) is 0 Å². The molecule has 1 rings (SSSR count). The summed E-state index contributed by atoms with van der Waals surface area (Å²) in [5.41, 5.74) is 4.14.